The molecule has 0 bridgehead atoms. The summed E-state index contributed by atoms with van der Waals surface area (Å²) < 4.78 is 2.55. The SMILES string of the molecule is C=CN(I)[C@H](C)I. The fourth-order valence-corrected chi connectivity index (χ4v) is 0.373. The molecule has 0 N–H and O–H groups in total. The molecule has 0 saturated heterocycles. The van der Waals surface area contributed by atoms with Crippen molar-refractivity contribution in [1.82, 2.24) is 3.11 Å². The summed E-state index contributed by atoms with van der Waals surface area (Å²) in [6.45, 7) is 5.70. The molecular formula is C4H7I2N. The maximum absolute atomic E-state index is 3.60. The molecule has 0 saturated carbocycles. The van der Waals surface area contributed by atoms with Crippen LogP contribution in [0.15, 0.2) is 12.8 Å². The minimum absolute atomic E-state index is 0.538. The van der Waals surface area contributed by atoms with Gasteiger partial charge in [-0.1, -0.05) is 29.2 Å². The average Bonchev–Trinajstić information content (AvgIpc) is 1.65. The lowest BCUT2D eigenvalue weighted by atomic mass is 10.7. The topological polar surface area (TPSA) is 3.24 Å². The van der Waals surface area contributed by atoms with E-state index in [4.69, 9.17) is 0 Å². The number of alkyl halides is 1. The van der Waals surface area contributed by atoms with Crippen molar-refractivity contribution in [3.05, 3.63) is 12.8 Å². The molecule has 0 spiro atoms. The fraction of sp³-hybridized carbons (Fsp3) is 0.500. The van der Waals surface area contributed by atoms with E-state index < -0.39 is 0 Å². The van der Waals surface area contributed by atoms with Crippen LogP contribution in [-0.4, -0.2) is 7.16 Å². The molecule has 1 atom stereocenters. The summed E-state index contributed by atoms with van der Waals surface area (Å²) in [4.78, 5) is 0. The number of rotatable bonds is 2. The smallest absolute Gasteiger partial charge is 0.0869 e. The van der Waals surface area contributed by atoms with Crippen molar-refractivity contribution in [2.45, 2.75) is 11.0 Å². The summed E-state index contributed by atoms with van der Waals surface area (Å²) in [5.74, 6) is 0. The molecule has 3 heteroatoms. The van der Waals surface area contributed by atoms with Gasteiger partial charge in [-0.15, -0.1) is 0 Å². The van der Waals surface area contributed by atoms with Gasteiger partial charge in [0.25, 0.3) is 0 Å². The van der Waals surface area contributed by atoms with E-state index in [-0.39, 0.29) is 0 Å². The predicted molar refractivity (Wildman–Crippen MR) is 49.5 cm³/mol. The highest BCUT2D eigenvalue weighted by atomic mass is 127. The van der Waals surface area contributed by atoms with E-state index in [2.05, 4.69) is 59.0 Å². The van der Waals surface area contributed by atoms with Crippen LogP contribution in [0, 0.1) is 0 Å². The van der Waals surface area contributed by atoms with Crippen LogP contribution < -0.4 is 0 Å². The zero-order valence-corrected chi connectivity index (χ0v) is 8.38. The van der Waals surface area contributed by atoms with Gasteiger partial charge in [-0.05, 0) is 6.92 Å². The highest BCUT2D eigenvalue weighted by molar-refractivity contribution is 14.1. The highest BCUT2D eigenvalue weighted by Crippen LogP contribution is 2.11. The third-order valence-electron chi connectivity index (χ3n) is 0.514. The maximum atomic E-state index is 3.60. The van der Waals surface area contributed by atoms with Crippen LogP contribution >= 0.6 is 45.5 Å². The van der Waals surface area contributed by atoms with Gasteiger partial charge in [0.05, 0.1) is 26.9 Å². The lowest BCUT2D eigenvalue weighted by molar-refractivity contribution is 0.685. The molecule has 0 unspecified atom stereocenters. The van der Waals surface area contributed by atoms with E-state index in [1.807, 2.05) is 3.11 Å². The third-order valence-corrected chi connectivity index (χ3v) is 3.41. The van der Waals surface area contributed by atoms with E-state index in [0.717, 1.165) is 0 Å². The van der Waals surface area contributed by atoms with Gasteiger partial charge in [-0.2, -0.15) is 0 Å². The summed E-state index contributed by atoms with van der Waals surface area (Å²) in [5.41, 5.74) is 0. The summed E-state index contributed by atoms with van der Waals surface area (Å²) in [6, 6.07) is 0. The molecule has 0 aliphatic rings. The summed E-state index contributed by atoms with van der Waals surface area (Å²) in [5, 5.41) is 0. The number of nitrogens with zero attached hydrogens (tertiary/aromatic N) is 1. The first kappa shape index (κ1) is 8.00. The van der Waals surface area contributed by atoms with Crippen LogP contribution in [0.3, 0.4) is 0 Å². The zero-order valence-electron chi connectivity index (χ0n) is 4.06. The van der Waals surface area contributed by atoms with E-state index in [0.29, 0.717) is 4.05 Å². The van der Waals surface area contributed by atoms with Crippen molar-refractivity contribution in [2.75, 3.05) is 0 Å². The largest absolute Gasteiger partial charge is 0.310 e. The second-order valence-corrected chi connectivity index (χ2v) is 4.02. The Kier molecular flexibility index (Phi) is 4.50. The van der Waals surface area contributed by atoms with Crippen molar-refractivity contribution in [2.24, 2.45) is 0 Å². The predicted octanol–water partition coefficient (Wildman–Crippen LogP) is 2.56. The normalized spacial score (nSPS) is 13.0. The first-order chi connectivity index (χ1) is 3.18. The summed E-state index contributed by atoms with van der Waals surface area (Å²) in [7, 11) is 0. The van der Waals surface area contributed by atoms with Gasteiger partial charge in [0.1, 0.15) is 0 Å². The number of halogens is 2. The van der Waals surface area contributed by atoms with Crippen molar-refractivity contribution < 1.29 is 0 Å². The minimum Gasteiger partial charge on any atom is -0.310 e. The summed E-state index contributed by atoms with van der Waals surface area (Å²) in [6.07, 6.45) is 1.80. The molecule has 0 aliphatic carbocycles. The molecular weight excluding hydrogens is 316 g/mol. The Balaban J connectivity index is 3.33. The first-order valence-corrected chi connectivity index (χ1v) is 4.10. The molecule has 0 aromatic heterocycles. The van der Waals surface area contributed by atoms with E-state index >= 15 is 0 Å². The molecule has 1 nitrogen and oxygen atoms in total. The lowest BCUT2D eigenvalue weighted by Gasteiger charge is -2.11. The van der Waals surface area contributed by atoms with Crippen molar-refractivity contribution in [3.63, 3.8) is 0 Å². The van der Waals surface area contributed by atoms with Gasteiger partial charge in [0.2, 0.25) is 0 Å². The Hall–Kier alpha value is 1.00. The van der Waals surface area contributed by atoms with Crippen LogP contribution in [0.4, 0.5) is 0 Å². The Morgan fingerprint density at radius 2 is 2.29 bits per heavy atom. The summed E-state index contributed by atoms with van der Waals surface area (Å²) >= 11 is 4.52. The van der Waals surface area contributed by atoms with Crippen LogP contribution in [0.5, 0.6) is 0 Å². The first-order valence-electron chi connectivity index (χ1n) is 1.89. The van der Waals surface area contributed by atoms with Gasteiger partial charge in [-0.3, -0.25) is 0 Å². The second-order valence-electron chi connectivity index (χ2n) is 1.10. The Bertz CT molecular complexity index is 62.7. The maximum Gasteiger partial charge on any atom is 0.0869 e. The second kappa shape index (κ2) is 3.94. The average molecular weight is 323 g/mol. The van der Waals surface area contributed by atoms with Crippen LogP contribution in [0.2, 0.25) is 0 Å². The highest BCUT2D eigenvalue weighted by Gasteiger charge is 1.96. The lowest BCUT2D eigenvalue weighted by Crippen LogP contribution is -2.08. The molecule has 0 aromatic rings. The van der Waals surface area contributed by atoms with Crippen LogP contribution in [0.1, 0.15) is 6.92 Å². The van der Waals surface area contributed by atoms with Crippen molar-refractivity contribution >= 4 is 45.5 Å². The number of hydrogen-bond acceptors (Lipinski definition) is 1. The zero-order chi connectivity index (χ0) is 5.86. The molecule has 42 valence electrons. The van der Waals surface area contributed by atoms with Gasteiger partial charge in [0.15, 0.2) is 0 Å². The molecule has 0 aliphatic heterocycles. The Morgan fingerprint density at radius 1 is 1.86 bits per heavy atom. The monoisotopic (exact) mass is 323 g/mol. The van der Waals surface area contributed by atoms with E-state index in [9.17, 15) is 0 Å². The van der Waals surface area contributed by atoms with Gasteiger partial charge >= 0.3 is 0 Å². The fourth-order valence-electron chi connectivity index (χ4n) is 0.145. The van der Waals surface area contributed by atoms with Gasteiger partial charge in [-0.25, -0.2) is 0 Å². The Morgan fingerprint density at radius 3 is 2.29 bits per heavy atom. The Labute approximate surface area is 71.8 Å². The minimum atomic E-state index is 0.538. The van der Waals surface area contributed by atoms with Gasteiger partial charge in [0, 0.05) is 6.20 Å². The molecule has 0 radical (unpaired) electrons. The van der Waals surface area contributed by atoms with Crippen LogP contribution in [-0.2, 0) is 0 Å². The molecule has 7 heavy (non-hydrogen) atoms. The van der Waals surface area contributed by atoms with Crippen molar-refractivity contribution in [1.29, 1.82) is 0 Å². The molecule has 0 rings (SSSR count). The quantitative estimate of drug-likeness (QED) is 0.327. The van der Waals surface area contributed by atoms with E-state index in [1.165, 1.54) is 0 Å². The molecule has 0 aromatic carbocycles. The third kappa shape index (κ3) is 3.57. The molecule has 0 amide bonds. The molecule has 0 fully saturated rings. The van der Waals surface area contributed by atoms with E-state index in [1.54, 1.807) is 6.20 Å². The van der Waals surface area contributed by atoms with Crippen molar-refractivity contribution in [3.8, 4) is 0 Å². The molecule has 0 heterocycles. The number of hydrogen-bond donors (Lipinski definition) is 0. The standard InChI is InChI=1S/C4H7I2N/c1-3-7(6)4(2)5/h3-4H,1H2,2H3/t4-/m1/s1. The van der Waals surface area contributed by atoms with Gasteiger partial charge < -0.3 is 3.11 Å². The van der Waals surface area contributed by atoms with Crippen LogP contribution in [0.25, 0.3) is 0 Å².